The molecule has 12 heavy (non-hydrogen) atoms. The normalized spacial score (nSPS) is 10.5. The third kappa shape index (κ3) is 3.05. The molecule has 1 aromatic rings. The summed E-state index contributed by atoms with van der Waals surface area (Å²) in [6, 6.07) is 0. The van der Waals surface area contributed by atoms with Gasteiger partial charge in [-0.3, -0.25) is 0 Å². The Hall–Kier alpha value is -0.190. The minimum absolute atomic E-state index is 0.451. The molecule has 68 valence electrons. The van der Waals surface area contributed by atoms with E-state index in [0.29, 0.717) is 12.5 Å². The molecule has 1 heterocycles. The molecule has 5 heteroatoms. The molecule has 0 spiro atoms. The van der Waals surface area contributed by atoms with Crippen molar-refractivity contribution in [2.45, 2.75) is 19.2 Å². The third-order valence-corrected chi connectivity index (χ3v) is 2.68. The molecule has 0 aliphatic carbocycles. The van der Waals surface area contributed by atoms with Gasteiger partial charge >= 0.3 is 0 Å². The van der Waals surface area contributed by atoms with Gasteiger partial charge in [-0.2, -0.15) is 0 Å². The maximum absolute atomic E-state index is 5.58. The molecule has 0 radical (unpaired) electrons. The Balaban J connectivity index is 2.31. The molecule has 0 saturated carbocycles. The van der Waals surface area contributed by atoms with Crippen LogP contribution in [-0.2, 0) is 17.0 Å². The van der Waals surface area contributed by atoms with Crippen LogP contribution < -0.4 is 0 Å². The van der Waals surface area contributed by atoms with E-state index in [-0.39, 0.29) is 0 Å². The van der Waals surface area contributed by atoms with Crippen molar-refractivity contribution in [1.29, 1.82) is 0 Å². The van der Waals surface area contributed by atoms with Crippen molar-refractivity contribution in [2.75, 3.05) is 13.2 Å². The Morgan fingerprint density at radius 1 is 1.42 bits per heavy atom. The van der Waals surface area contributed by atoms with E-state index in [9.17, 15) is 0 Å². The van der Waals surface area contributed by atoms with Gasteiger partial charge in [0.25, 0.3) is 0 Å². The van der Waals surface area contributed by atoms with Crippen LogP contribution in [0.5, 0.6) is 0 Å². The summed E-state index contributed by atoms with van der Waals surface area (Å²) >= 11 is 7.13. The Labute approximate surface area is 80.7 Å². The summed E-state index contributed by atoms with van der Waals surface area (Å²) in [5, 5.41) is 9.73. The molecule has 0 aliphatic heterocycles. The van der Waals surface area contributed by atoms with Gasteiger partial charge in [-0.05, 0) is 6.92 Å². The number of halogens is 1. The van der Waals surface area contributed by atoms with Crippen molar-refractivity contribution >= 4 is 22.9 Å². The minimum Gasteiger partial charge on any atom is -0.381 e. The van der Waals surface area contributed by atoms with Gasteiger partial charge < -0.3 is 4.74 Å². The molecule has 0 amide bonds. The second kappa shape index (κ2) is 5.45. The number of nitrogens with zero attached hydrogens (tertiary/aromatic N) is 2. The summed E-state index contributed by atoms with van der Waals surface area (Å²) in [5.41, 5.74) is 0. The first-order valence-corrected chi connectivity index (χ1v) is 5.17. The van der Waals surface area contributed by atoms with Crippen molar-refractivity contribution in [1.82, 2.24) is 10.2 Å². The average molecular weight is 207 g/mol. The number of alkyl halides is 1. The van der Waals surface area contributed by atoms with Crippen LogP contribution in [0, 0.1) is 0 Å². The monoisotopic (exact) mass is 206 g/mol. The lowest BCUT2D eigenvalue weighted by Gasteiger charge is -1.95. The van der Waals surface area contributed by atoms with Crippen LogP contribution in [-0.4, -0.2) is 23.4 Å². The average Bonchev–Trinajstić information content (AvgIpc) is 2.53. The zero-order valence-electron chi connectivity index (χ0n) is 6.92. The summed E-state index contributed by atoms with van der Waals surface area (Å²) < 4.78 is 5.19. The first kappa shape index (κ1) is 9.89. The predicted octanol–water partition coefficient (Wildman–Crippen LogP) is 1.86. The van der Waals surface area contributed by atoms with E-state index >= 15 is 0 Å². The maximum atomic E-state index is 5.58. The largest absolute Gasteiger partial charge is 0.381 e. The zero-order valence-corrected chi connectivity index (χ0v) is 8.49. The highest BCUT2D eigenvalue weighted by Gasteiger charge is 2.01. The standard InChI is InChI=1S/C7H11ClN2OS/c1-2-11-4-3-6-9-10-7(5-8)12-6/h2-5H2,1H3. The van der Waals surface area contributed by atoms with Gasteiger partial charge in [-0.25, -0.2) is 0 Å². The quantitative estimate of drug-likeness (QED) is 0.545. The lowest BCUT2D eigenvalue weighted by atomic mass is 10.5. The Kier molecular flexibility index (Phi) is 4.50. The van der Waals surface area contributed by atoms with Gasteiger partial charge in [-0.1, -0.05) is 0 Å². The smallest absolute Gasteiger partial charge is 0.132 e. The van der Waals surface area contributed by atoms with Gasteiger partial charge in [0.1, 0.15) is 10.0 Å². The van der Waals surface area contributed by atoms with E-state index in [1.807, 2.05) is 6.92 Å². The van der Waals surface area contributed by atoms with E-state index in [0.717, 1.165) is 23.0 Å². The molecule has 0 aromatic carbocycles. The number of aromatic nitrogens is 2. The highest BCUT2D eigenvalue weighted by atomic mass is 35.5. The van der Waals surface area contributed by atoms with Crippen molar-refractivity contribution < 1.29 is 4.74 Å². The highest BCUT2D eigenvalue weighted by molar-refractivity contribution is 7.11. The lowest BCUT2D eigenvalue weighted by molar-refractivity contribution is 0.150. The zero-order chi connectivity index (χ0) is 8.81. The van der Waals surface area contributed by atoms with Crippen LogP contribution in [0.2, 0.25) is 0 Å². The van der Waals surface area contributed by atoms with Crippen molar-refractivity contribution in [3.63, 3.8) is 0 Å². The molecular formula is C7H11ClN2OS. The number of hydrogen-bond acceptors (Lipinski definition) is 4. The molecule has 0 unspecified atom stereocenters. The van der Waals surface area contributed by atoms with Crippen LogP contribution in [0.3, 0.4) is 0 Å². The van der Waals surface area contributed by atoms with Gasteiger partial charge in [0.05, 0.1) is 12.5 Å². The Bertz CT molecular complexity index is 229. The second-order valence-electron chi connectivity index (χ2n) is 2.17. The molecule has 0 N–H and O–H groups in total. The minimum atomic E-state index is 0.451. The SMILES string of the molecule is CCOCCc1nnc(CCl)s1. The second-order valence-corrected chi connectivity index (χ2v) is 3.58. The summed E-state index contributed by atoms with van der Waals surface area (Å²) in [7, 11) is 0. The van der Waals surface area contributed by atoms with Crippen molar-refractivity contribution in [3.8, 4) is 0 Å². The molecule has 0 fully saturated rings. The van der Waals surface area contributed by atoms with Crippen LogP contribution in [0.1, 0.15) is 16.9 Å². The molecule has 1 aromatic heterocycles. The fourth-order valence-electron chi connectivity index (χ4n) is 0.747. The van der Waals surface area contributed by atoms with Gasteiger partial charge in [-0.15, -0.1) is 33.1 Å². The fourth-order valence-corrected chi connectivity index (χ4v) is 1.64. The fraction of sp³-hybridized carbons (Fsp3) is 0.714. The summed E-state index contributed by atoms with van der Waals surface area (Å²) in [4.78, 5) is 0. The summed E-state index contributed by atoms with van der Waals surface area (Å²) in [5.74, 6) is 0.451. The molecule has 0 saturated heterocycles. The molecule has 0 aliphatic rings. The van der Waals surface area contributed by atoms with Crippen LogP contribution >= 0.6 is 22.9 Å². The van der Waals surface area contributed by atoms with Gasteiger partial charge in [0, 0.05) is 13.0 Å². The van der Waals surface area contributed by atoms with Gasteiger partial charge in [0.15, 0.2) is 0 Å². The van der Waals surface area contributed by atoms with E-state index in [2.05, 4.69) is 10.2 Å². The summed E-state index contributed by atoms with van der Waals surface area (Å²) in [6.07, 6.45) is 0.836. The maximum Gasteiger partial charge on any atom is 0.132 e. The van der Waals surface area contributed by atoms with Crippen molar-refractivity contribution in [2.24, 2.45) is 0 Å². The lowest BCUT2D eigenvalue weighted by Crippen LogP contribution is -1.97. The van der Waals surface area contributed by atoms with Gasteiger partial charge in [0.2, 0.25) is 0 Å². The molecule has 0 bridgehead atoms. The molecule has 1 rings (SSSR count). The van der Waals surface area contributed by atoms with Crippen LogP contribution in [0.25, 0.3) is 0 Å². The van der Waals surface area contributed by atoms with E-state index in [1.54, 1.807) is 11.3 Å². The molecule has 3 nitrogen and oxygen atoms in total. The van der Waals surface area contributed by atoms with E-state index in [4.69, 9.17) is 16.3 Å². The van der Waals surface area contributed by atoms with Crippen molar-refractivity contribution in [3.05, 3.63) is 10.0 Å². The van der Waals surface area contributed by atoms with E-state index in [1.165, 1.54) is 0 Å². The third-order valence-electron chi connectivity index (χ3n) is 1.29. The topological polar surface area (TPSA) is 35.0 Å². The predicted molar refractivity (Wildman–Crippen MR) is 49.7 cm³/mol. The number of ether oxygens (including phenoxy) is 1. The molecule has 0 atom stereocenters. The number of hydrogen-bond donors (Lipinski definition) is 0. The van der Waals surface area contributed by atoms with Crippen LogP contribution in [0.15, 0.2) is 0 Å². The first-order chi connectivity index (χ1) is 5.86. The first-order valence-electron chi connectivity index (χ1n) is 3.81. The summed E-state index contributed by atoms with van der Waals surface area (Å²) in [6.45, 7) is 3.44. The highest BCUT2D eigenvalue weighted by Crippen LogP contribution is 2.11. The Morgan fingerprint density at radius 2 is 2.17 bits per heavy atom. The molecular weight excluding hydrogens is 196 g/mol. The number of rotatable bonds is 5. The Morgan fingerprint density at radius 3 is 2.75 bits per heavy atom. The van der Waals surface area contributed by atoms with Crippen LogP contribution in [0.4, 0.5) is 0 Å². The van der Waals surface area contributed by atoms with E-state index < -0.39 is 0 Å².